The summed E-state index contributed by atoms with van der Waals surface area (Å²) in [6.45, 7) is 11.1. The first-order valence-electron chi connectivity index (χ1n) is 11.1. The zero-order valence-electron chi connectivity index (χ0n) is 20.9. The maximum atomic E-state index is 12.4. The predicted molar refractivity (Wildman–Crippen MR) is 141 cm³/mol. The van der Waals surface area contributed by atoms with Crippen LogP contribution in [0.15, 0.2) is 53.7 Å². The van der Waals surface area contributed by atoms with E-state index in [1.54, 1.807) is 35.2 Å². The van der Waals surface area contributed by atoms with Gasteiger partial charge in [-0.25, -0.2) is 20.6 Å². The molecule has 0 saturated heterocycles. The van der Waals surface area contributed by atoms with Gasteiger partial charge >= 0.3 is 6.18 Å². The number of phenols is 1. The van der Waals surface area contributed by atoms with Crippen LogP contribution in [0, 0.1) is 12.8 Å². The minimum atomic E-state index is -4.73. The highest BCUT2D eigenvalue weighted by molar-refractivity contribution is 5.89. The largest absolute Gasteiger partial charge is 0.508 e. The number of aromatic nitrogens is 2. The zero-order valence-corrected chi connectivity index (χ0v) is 20.9. The summed E-state index contributed by atoms with van der Waals surface area (Å²) in [5.41, 5.74) is 14.5. The van der Waals surface area contributed by atoms with Gasteiger partial charge in [0.05, 0.1) is 17.9 Å². The van der Waals surface area contributed by atoms with Gasteiger partial charge in [-0.15, -0.1) is 5.10 Å². The summed E-state index contributed by atoms with van der Waals surface area (Å²) in [7, 11) is 1.81. The molecule has 0 spiro atoms. The van der Waals surface area contributed by atoms with Crippen LogP contribution < -0.4 is 22.6 Å². The minimum absolute atomic E-state index is 0.148. The van der Waals surface area contributed by atoms with Gasteiger partial charge < -0.3 is 21.9 Å². The predicted octanol–water partition coefficient (Wildman–Crippen LogP) is 3.51. The molecule has 200 valence electrons. The summed E-state index contributed by atoms with van der Waals surface area (Å²) < 4.78 is 38.7. The summed E-state index contributed by atoms with van der Waals surface area (Å²) in [4.78, 5) is 4.31. The highest BCUT2D eigenvalue weighted by Crippen LogP contribution is 2.28. The number of hydrazone groups is 1. The summed E-state index contributed by atoms with van der Waals surface area (Å²) in [5, 5.41) is 20.4. The Morgan fingerprint density at radius 2 is 2.03 bits per heavy atom. The average Bonchev–Trinajstić information content (AvgIpc) is 3.20. The van der Waals surface area contributed by atoms with E-state index >= 15 is 0 Å². The molecule has 0 amide bonds. The normalized spacial score (nSPS) is 15.4. The van der Waals surface area contributed by atoms with Gasteiger partial charge in [-0.3, -0.25) is 0 Å². The number of phenolic OH excluding ortho intramolecular Hbond substituents is 1. The Balaban J connectivity index is 0.000000312. The van der Waals surface area contributed by atoms with Gasteiger partial charge in [-0.1, -0.05) is 26.2 Å². The highest BCUT2D eigenvalue weighted by Gasteiger charge is 2.34. The molecule has 13 heteroatoms. The highest BCUT2D eigenvalue weighted by atomic mass is 19.4. The van der Waals surface area contributed by atoms with Crippen LogP contribution in [-0.2, 0) is 6.54 Å². The number of alkyl halides is 3. The standard InChI is InChI=1S/C14H18F3N7.C10H14N2O/c1-3-11-7-10(8-23(19)22-13(18)14(15,16)17)21-24(11)12-9(2)5-4-6-20-12;1-6-4-8(13)5-9(7(2)11)10(6)12-3/h3-4,6-7,9H,1,5,8,19H2,2H3,(H2,18,22);4-5,12-13H,2,11H2,1,3H3. The fourth-order valence-corrected chi connectivity index (χ4v) is 3.49. The van der Waals surface area contributed by atoms with E-state index in [1.807, 2.05) is 27.0 Å². The van der Waals surface area contributed by atoms with E-state index in [2.05, 4.69) is 33.7 Å². The Hall–Kier alpha value is -4.26. The van der Waals surface area contributed by atoms with Crippen LogP contribution in [0.2, 0.25) is 0 Å². The minimum Gasteiger partial charge on any atom is -0.508 e. The van der Waals surface area contributed by atoms with E-state index in [0.717, 1.165) is 29.1 Å². The van der Waals surface area contributed by atoms with Gasteiger partial charge in [-0.05, 0) is 43.2 Å². The van der Waals surface area contributed by atoms with Gasteiger partial charge in [0.15, 0.2) is 0 Å². The number of rotatable bonds is 6. The van der Waals surface area contributed by atoms with Crippen molar-refractivity contribution < 1.29 is 18.3 Å². The first-order valence-corrected chi connectivity index (χ1v) is 11.1. The number of aliphatic imine (C=N–C) groups is 1. The van der Waals surface area contributed by atoms with Crippen LogP contribution in [-0.4, -0.2) is 44.9 Å². The number of nitrogens with one attached hydrogen (secondary N) is 1. The molecule has 1 aliphatic rings. The Morgan fingerprint density at radius 3 is 2.57 bits per heavy atom. The molecule has 10 nitrogen and oxygen atoms in total. The molecule has 3 rings (SSSR count). The lowest BCUT2D eigenvalue weighted by molar-refractivity contribution is -0.0615. The molecule has 0 fully saturated rings. The van der Waals surface area contributed by atoms with Crippen molar-refractivity contribution in [3.8, 4) is 5.75 Å². The van der Waals surface area contributed by atoms with Crippen LogP contribution in [0.4, 0.5) is 18.9 Å². The number of anilines is 1. The number of allylic oxidation sites excluding steroid dienone is 1. The summed E-state index contributed by atoms with van der Waals surface area (Å²) in [6.07, 6.45) is 1.30. The van der Waals surface area contributed by atoms with E-state index in [0.29, 0.717) is 22.2 Å². The van der Waals surface area contributed by atoms with E-state index in [9.17, 15) is 18.3 Å². The number of halogens is 3. The molecule has 2 heterocycles. The van der Waals surface area contributed by atoms with Crippen molar-refractivity contribution in [3.05, 3.63) is 66.1 Å². The van der Waals surface area contributed by atoms with Crippen molar-refractivity contribution in [3.63, 3.8) is 0 Å². The van der Waals surface area contributed by atoms with Crippen molar-refractivity contribution in [2.75, 3.05) is 12.4 Å². The zero-order chi connectivity index (χ0) is 27.9. The fraction of sp³-hybridized carbons (Fsp3) is 0.292. The number of aryl methyl sites for hydroxylation is 1. The molecule has 37 heavy (non-hydrogen) atoms. The summed E-state index contributed by atoms with van der Waals surface area (Å²) >= 11 is 0. The Labute approximate surface area is 213 Å². The molecule has 1 unspecified atom stereocenters. The molecular formula is C24H32F3N9O. The number of amidine groups is 1. The van der Waals surface area contributed by atoms with Crippen LogP contribution >= 0.6 is 0 Å². The van der Waals surface area contributed by atoms with E-state index in [-0.39, 0.29) is 18.2 Å². The lowest BCUT2D eigenvalue weighted by Gasteiger charge is -2.17. The van der Waals surface area contributed by atoms with Crippen molar-refractivity contribution in [2.24, 2.45) is 33.3 Å². The smallest absolute Gasteiger partial charge is 0.450 e. The van der Waals surface area contributed by atoms with Gasteiger partial charge in [0.2, 0.25) is 5.84 Å². The van der Waals surface area contributed by atoms with Crippen molar-refractivity contribution >= 4 is 29.1 Å². The van der Waals surface area contributed by atoms with Gasteiger partial charge in [0.1, 0.15) is 11.6 Å². The fourth-order valence-electron chi connectivity index (χ4n) is 3.49. The third-order valence-corrected chi connectivity index (χ3v) is 5.22. The topological polar surface area (TPSA) is 156 Å². The molecule has 1 aromatic carbocycles. The van der Waals surface area contributed by atoms with Gasteiger partial charge in [0, 0.05) is 36.1 Å². The van der Waals surface area contributed by atoms with Crippen molar-refractivity contribution in [1.29, 1.82) is 0 Å². The molecule has 8 N–H and O–H groups in total. The summed E-state index contributed by atoms with van der Waals surface area (Å²) in [6, 6.07) is 4.93. The number of aromatic hydroxyl groups is 1. The molecular weight excluding hydrogens is 487 g/mol. The Kier molecular flexibility index (Phi) is 9.49. The number of nitrogens with two attached hydrogens (primary N) is 3. The lowest BCUT2D eigenvalue weighted by Crippen LogP contribution is -2.36. The van der Waals surface area contributed by atoms with Crippen LogP contribution in [0.3, 0.4) is 0 Å². The Morgan fingerprint density at radius 1 is 1.35 bits per heavy atom. The molecule has 0 aliphatic carbocycles. The van der Waals surface area contributed by atoms with E-state index in [1.165, 1.54) is 0 Å². The van der Waals surface area contributed by atoms with Crippen LogP contribution in [0.25, 0.3) is 11.8 Å². The first kappa shape index (κ1) is 29.0. The number of nitrogens with zero attached hydrogens (tertiary/aromatic N) is 5. The Bertz CT molecular complexity index is 1230. The second kappa shape index (κ2) is 12.1. The third kappa shape index (κ3) is 7.61. The molecule has 0 radical (unpaired) electrons. The number of hydrazine groups is 1. The van der Waals surface area contributed by atoms with Crippen LogP contribution in [0.1, 0.15) is 35.9 Å². The quantitative estimate of drug-likeness (QED) is 0.129. The number of benzene rings is 1. The van der Waals surface area contributed by atoms with Crippen molar-refractivity contribution in [2.45, 2.75) is 33.0 Å². The van der Waals surface area contributed by atoms with E-state index in [4.69, 9.17) is 17.3 Å². The maximum Gasteiger partial charge on any atom is 0.450 e. The van der Waals surface area contributed by atoms with Gasteiger partial charge in [-0.2, -0.15) is 18.3 Å². The second-order valence-electron chi connectivity index (χ2n) is 8.23. The average molecular weight is 520 g/mol. The molecule has 2 aromatic rings. The summed E-state index contributed by atoms with van der Waals surface area (Å²) in [5.74, 6) is 5.01. The van der Waals surface area contributed by atoms with Crippen LogP contribution in [0.5, 0.6) is 5.75 Å². The number of hydrogen-bond acceptors (Lipinski definition) is 8. The van der Waals surface area contributed by atoms with E-state index < -0.39 is 12.0 Å². The van der Waals surface area contributed by atoms with Crippen molar-refractivity contribution in [1.82, 2.24) is 14.9 Å². The lowest BCUT2D eigenvalue weighted by atomic mass is 10.1. The molecule has 1 aromatic heterocycles. The maximum absolute atomic E-state index is 12.4. The van der Waals surface area contributed by atoms with Gasteiger partial charge in [0.25, 0.3) is 0 Å². The second-order valence-corrected chi connectivity index (χ2v) is 8.23. The molecule has 0 saturated carbocycles. The monoisotopic (exact) mass is 519 g/mol. The first-order chi connectivity index (χ1) is 17.3. The molecule has 1 atom stereocenters. The molecule has 0 bridgehead atoms. The third-order valence-electron chi connectivity index (χ3n) is 5.22. The number of hydrogen-bond donors (Lipinski definition) is 5. The SMILES string of the molecule is C=C(N)c1cc(O)cc(C)c1NC.C=Cc1cc(CN(N)/N=C(\N)C(F)(F)F)nn1C1=NC=CCC1C. The molecule has 1 aliphatic heterocycles.